The van der Waals surface area contributed by atoms with E-state index in [0.29, 0.717) is 5.92 Å². The second kappa shape index (κ2) is 5.11. The highest BCUT2D eigenvalue weighted by atomic mass is 79.9. The van der Waals surface area contributed by atoms with Gasteiger partial charge in [0.2, 0.25) is 0 Å². The van der Waals surface area contributed by atoms with Crippen molar-refractivity contribution in [2.75, 3.05) is 13.2 Å². The number of aromatic nitrogens is 1. The summed E-state index contributed by atoms with van der Waals surface area (Å²) in [4.78, 5) is 6.11. The lowest BCUT2D eigenvalue weighted by atomic mass is 10.1. The van der Waals surface area contributed by atoms with E-state index >= 15 is 0 Å². The van der Waals surface area contributed by atoms with E-state index in [4.69, 9.17) is 9.72 Å². The Morgan fingerprint density at radius 3 is 2.78 bits per heavy atom. The van der Waals surface area contributed by atoms with E-state index in [1.807, 2.05) is 11.3 Å². The number of rotatable bonds is 2. The van der Waals surface area contributed by atoms with Crippen LogP contribution in [0, 0.1) is 6.92 Å². The molecule has 18 heavy (non-hydrogen) atoms. The van der Waals surface area contributed by atoms with Gasteiger partial charge in [-0.1, -0.05) is 28.1 Å². The van der Waals surface area contributed by atoms with E-state index in [-0.39, 0.29) is 0 Å². The van der Waals surface area contributed by atoms with E-state index < -0.39 is 0 Å². The van der Waals surface area contributed by atoms with E-state index in [2.05, 4.69) is 47.1 Å². The Balaban J connectivity index is 1.94. The van der Waals surface area contributed by atoms with Crippen LogP contribution >= 0.6 is 27.3 Å². The molecule has 1 unspecified atom stereocenters. The van der Waals surface area contributed by atoms with Gasteiger partial charge in [0.15, 0.2) is 0 Å². The minimum absolute atomic E-state index is 0.498. The summed E-state index contributed by atoms with van der Waals surface area (Å²) in [5.41, 5.74) is 2.31. The maximum absolute atomic E-state index is 5.44. The van der Waals surface area contributed by atoms with E-state index in [1.165, 1.54) is 15.4 Å². The smallest absolute Gasteiger partial charge is 0.0990 e. The predicted octanol–water partition coefficient (Wildman–Crippen LogP) is 4.38. The molecule has 1 atom stereocenters. The lowest BCUT2D eigenvalue weighted by molar-refractivity contribution is 0.194. The lowest BCUT2D eigenvalue weighted by Gasteiger charge is -2.01. The van der Waals surface area contributed by atoms with Crippen LogP contribution in [-0.2, 0) is 4.74 Å². The molecule has 2 heterocycles. The van der Waals surface area contributed by atoms with Crippen LogP contribution < -0.4 is 0 Å². The number of ether oxygens (including phenoxy) is 1. The molecule has 0 saturated carbocycles. The van der Waals surface area contributed by atoms with Gasteiger partial charge in [-0.15, -0.1) is 11.3 Å². The molecule has 0 amide bonds. The first kappa shape index (κ1) is 12.3. The summed E-state index contributed by atoms with van der Waals surface area (Å²) in [5.74, 6) is 0.498. The molecule has 2 nitrogen and oxygen atoms in total. The first-order valence-corrected chi connectivity index (χ1v) is 7.66. The molecule has 0 spiro atoms. The molecule has 0 bridgehead atoms. The summed E-state index contributed by atoms with van der Waals surface area (Å²) >= 11 is 5.27. The fourth-order valence-corrected chi connectivity index (χ4v) is 3.52. The van der Waals surface area contributed by atoms with Crippen LogP contribution in [-0.4, -0.2) is 18.2 Å². The Labute approximate surface area is 119 Å². The molecule has 1 saturated heterocycles. The Morgan fingerprint density at radius 2 is 2.11 bits per heavy atom. The van der Waals surface area contributed by atoms with Crippen molar-refractivity contribution in [2.45, 2.75) is 19.3 Å². The molecule has 0 aliphatic carbocycles. The quantitative estimate of drug-likeness (QED) is 0.818. The molecule has 1 aliphatic rings. The Bertz CT molecular complexity index is 543. The van der Waals surface area contributed by atoms with Crippen LogP contribution in [0.4, 0.5) is 0 Å². The summed E-state index contributed by atoms with van der Waals surface area (Å²) < 4.78 is 6.54. The number of benzene rings is 1. The topological polar surface area (TPSA) is 22.1 Å². The van der Waals surface area contributed by atoms with Gasteiger partial charge in [0.25, 0.3) is 0 Å². The van der Waals surface area contributed by atoms with Gasteiger partial charge in [0, 0.05) is 27.4 Å². The minimum Gasteiger partial charge on any atom is -0.381 e. The first-order chi connectivity index (χ1) is 8.74. The Hall–Kier alpha value is -0.710. The summed E-state index contributed by atoms with van der Waals surface area (Å²) in [5, 5.41) is 1.22. The van der Waals surface area contributed by atoms with Gasteiger partial charge >= 0.3 is 0 Å². The number of aryl methyl sites for hydroxylation is 1. The van der Waals surface area contributed by atoms with Crippen LogP contribution in [0.1, 0.15) is 22.2 Å². The summed E-state index contributed by atoms with van der Waals surface area (Å²) in [6, 6.07) is 8.35. The summed E-state index contributed by atoms with van der Waals surface area (Å²) in [6.45, 7) is 3.85. The fourth-order valence-electron chi connectivity index (χ4n) is 2.20. The second-order valence-electron chi connectivity index (χ2n) is 4.52. The number of hydrogen-bond acceptors (Lipinski definition) is 3. The highest BCUT2D eigenvalue weighted by molar-refractivity contribution is 9.10. The second-order valence-corrected chi connectivity index (χ2v) is 6.67. The third-order valence-electron chi connectivity index (χ3n) is 3.21. The normalized spacial score (nSPS) is 19.3. The van der Waals surface area contributed by atoms with E-state index in [9.17, 15) is 0 Å². The zero-order valence-corrected chi connectivity index (χ0v) is 12.6. The molecule has 4 heteroatoms. The predicted molar refractivity (Wildman–Crippen MR) is 78.2 cm³/mol. The fraction of sp³-hybridized carbons (Fsp3) is 0.357. The third-order valence-corrected chi connectivity index (χ3v) is 4.87. The minimum atomic E-state index is 0.498. The highest BCUT2D eigenvalue weighted by Gasteiger charge is 2.22. The van der Waals surface area contributed by atoms with Crippen molar-refractivity contribution in [3.8, 4) is 11.3 Å². The number of halogens is 1. The van der Waals surface area contributed by atoms with E-state index in [0.717, 1.165) is 29.8 Å². The number of nitrogens with zero attached hydrogens (tertiary/aromatic N) is 1. The SMILES string of the molecule is Cc1sc(C2CCOC2)nc1-c1ccc(Br)cc1. The van der Waals surface area contributed by atoms with Crippen LogP contribution in [0.25, 0.3) is 11.3 Å². The Kier molecular flexibility index (Phi) is 3.50. The zero-order chi connectivity index (χ0) is 12.5. The van der Waals surface area contributed by atoms with Crippen molar-refractivity contribution in [2.24, 2.45) is 0 Å². The van der Waals surface area contributed by atoms with Crippen molar-refractivity contribution in [3.05, 3.63) is 38.6 Å². The highest BCUT2D eigenvalue weighted by Crippen LogP contribution is 2.34. The lowest BCUT2D eigenvalue weighted by Crippen LogP contribution is -1.96. The molecule has 1 fully saturated rings. The first-order valence-electron chi connectivity index (χ1n) is 6.05. The van der Waals surface area contributed by atoms with Crippen LogP contribution in [0.3, 0.4) is 0 Å². The average molecular weight is 324 g/mol. The Morgan fingerprint density at radius 1 is 1.33 bits per heavy atom. The van der Waals surface area contributed by atoms with Gasteiger partial charge in [0.05, 0.1) is 17.3 Å². The zero-order valence-electron chi connectivity index (χ0n) is 10.1. The van der Waals surface area contributed by atoms with Gasteiger partial charge in [-0.3, -0.25) is 0 Å². The van der Waals surface area contributed by atoms with E-state index in [1.54, 1.807) is 0 Å². The van der Waals surface area contributed by atoms with Crippen molar-refractivity contribution in [1.82, 2.24) is 4.98 Å². The van der Waals surface area contributed by atoms with Crippen LogP contribution in [0.2, 0.25) is 0 Å². The molecule has 0 N–H and O–H groups in total. The van der Waals surface area contributed by atoms with Gasteiger partial charge < -0.3 is 4.74 Å². The van der Waals surface area contributed by atoms with Crippen molar-refractivity contribution in [1.29, 1.82) is 0 Å². The molecule has 1 aromatic carbocycles. The molecular weight excluding hydrogens is 310 g/mol. The molecular formula is C14H14BrNOS. The molecule has 94 valence electrons. The van der Waals surface area contributed by atoms with Gasteiger partial charge in [-0.05, 0) is 25.5 Å². The number of thiazole rings is 1. The molecule has 0 radical (unpaired) electrons. The summed E-state index contributed by atoms with van der Waals surface area (Å²) in [7, 11) is 0. The largest absolute Gasteiger partial charge is 0.381 e. The third kappa shape index (κ3) is 2.37. The monoisotopic (exact) mass is 323 g/mol. The van der Waals surface area contributed by atoms with Crippen LogP contribution in [0.5, 0.6) is 0 Å². The van der Waals surface area contributed by atoms with Gasteiger partial charge in [-0.2, -0.15) is 0 Å². The molecule has 3 rings (SSSR count). The molecule has 1 aliphatic heterocycles. The average Bonchev–Trinajstić information content (AvgIpc) is 2.99. The van der Waals surface area contributed by atoms with Gasteiger partial charge in [0.1, 0.15) is 0 Å². The van der Waals surface area contributed by atoms with Crippen molar-refractivity contribution >= 4 is 27.3 Å². The number of hydrogen-bond donors (Lipinski definition) is 0. The maximum atomic E-state index is 5.44. The summed E-state index contributed by atoms with van der Waals surface area (Å²) in [6.07, 6.45) is 1.10. The van der Waals surface area contributed by atoms with Crippen molar-refractivity contribution < 1.29 is 4.74 Å². The van der Waals surface area contributed by atoms with Crippen molar-refractivity contribution in [3.63, 3.8) is 0 Å². The van der Waals surface area contributed by atoms with Gasteiger partial charge in [-0.25, -0.2) is 4.98 Å². The maximum Gasteiger partial charge on any atom is 0.0990 e. The standard InChI is InChI=1S/C14H14BrNOS/c1-9-13(10-2-4-12(15)5-3-10)16-14(18-9)11-6-7-17-8-11/h2-5,11H,6-8H2,1H3. The van der Waals surface area contributed by atoms with Crippen LogP contribution in [0.15, 0.2) is 28.7 Å². The molecule has 1 aromatic heterocycles. The molecule has 2 aromatic rings.